The van der Waals surface area contributed by atoms with Crippen molar-refractivity contribution in [2.45, 2.75) is 63.3 Å². The average Bonchev–Trinajstić information content (AvgIpc) is 2.78. The molecule has 5 N–H and O–H groups in total. The second-order valence-electron chi connectivity index (χ2n) is 9.60. The van der Waals surface area contributed by atoms with Crippen molar-refractivity contribution in [2.75, 3.05) is 6.54 Å². The normalized spacial score (nSPS) is 20.4. The molecule has 0 radical (unpaired) electrons. The molecule has 8 nitrogen and oxygen atoms in total. The zero-order valence-electron chi connectivity index (χ0n) is 19.8. The molecule has 1 heterocycles. The predicted octanol–water partition coefficient (Wildman–Crippen LogP) is 4.14. The topological polar surface area (TPSA) is 137 Å². The van der Waals surface area contributed by atoms with E-state index < -0.39 is 35.0 Å². The summed E-state index contributed by atoms with van der Waals surface area (Å²) in [6.45, 7) is 5.80. The van der Waals surface area contributed by atoms with Gasteiger partial charge in [0.15, 0.2) is 0 Å². The Kier molecular flexibility index (Phi) is 7.43. The van der Waals surface area contributed by atoms with Gasteiger partial charge < -0.3 is 25.6 Å². The van der Waals surface area contributed by atoms with Crippen LogP contribution in [0.1, 0.15) is 68.8 Å². The van der Waals surface area contributed by atoms with E-state index in [0.29, 0.717) is 13.0 Å². The molecule has 3 atom stereocenters. The molecule has 1 saturated heterocycles. The monoisotopic (exact) mass is 467 g/mol. The van der Waals surface area contributed by atoms with Crippen molar-refractivity contribution in [2.24, 2.45) is 5.73 Å². The molecular formula is C26H33N3O5. The summed E-state index contributed by atoms with van der Waals surface area (Å²) in [5, 5.41) is 26.9. The summed E-state index contributed by atoms with van der Waals surface area (Å²) in [5.74, 6) is -1.28. The van der Waals surface area contributed by atoms with Crippen LogP contribution in [-0.4, -0.2) is 45.0 Å². The molecule has 0 bridgehead atoms. The summed E-state index contributed by atoms with van der Waals surface area (Å²) in [6.07, 6.45) is 0.321. The highest BCUT2D eigenvalue weighted by Crippen LogP contribution is 2.42. The molecule has 0 saturated carbocycles. The van der Waals surface area contributed by atoms with Crippen LogP contribution >= 0.6 is 0 Å². The summed E-state index contributed by atoms with van der Waals surface area (Å²) < 4.78 is 6.05. The first-order valence-corrected chi connectivity index (χ1v) is 11.4. The van der Waals surface area contributed by atoms with Crippen molar-refractivity contribution in [1.29, 1.82) is 5.41 Å². The first kappa shape index (κ1) is 25.4. The standard InChI is InChI=1S/C26H33N3O5/c1-17(18-9-11-19(12-10-18)21(27)15-22(28)23(30)31)29-14-13-26(34-24(29)32,16-25(2,3)33)20-7-5-4-6-8-20/h4-12,17,21,28,33H,13-16,27H2,1-3H3,(H,30,31)/t17-,21?,26-/m0/s1. The number of nitrogens with zero attached hydrogens (tertiary/aromatic N) is 1. The molecule has 8 heteroatoms. The van der Waals surface area contributed by atoms with E-state index in [9.17, 15) is 14.7 Å². The minimum atomic E-state index is -1.28. The highest BCUT2D eigenvalue weighted by atomic mass is 16.6. The third kappa shape index (κ3) is 5.81. The highest BCUT2D eigenvalue weighted by Gasteiger charge is 2.46. The van der Waals surface area contributed by atoms with Gasteiger partial charge in [-0.25, -0.2) is 9.59 Å². The van der Waals surface area contributed by atoms with E-state index in [0.717, 1.165) is 16.7 Å². The predicted molar refractivity (Wildman–Crippen MR) is 129 cm³/mol. The highest BCUT2D eigenvalue weighted by molar-refractivity contribution is 6.34. The number of aliphatic hydroxyl groups is 1. The van der Waals surface area contributed by atoms with Gasteiger partial charge in [-0.2, -0.15) is 0 Å². The second-order valence-corrected chi connectivity index (χ2v) is 9.60. The van der Waals surface area contributed by atoms with Crippen LogP contribution in [0.4, 0.5) is 4.79 Å². The number of aliphatic carboxylic acids is 1. The van der Waals surface area contributed by atoms with Crippen LogP contribution in [0.5, 0.6) is 0 Å². The van der Waals surface area contributed by atoms with Crippen molar-refractivity contribution < 1.29 is 24.5 Å². The number of carbonyl (C=O) groups excluding carboxylic acids is 1. The van der Waals surface area contributed by atoms with Gasteiger partial charge >= 0.3 is 12.1 Å². The number of ether oxygens (including phenoxy) is 1. The molecule has 0 aliphatic carbocycles. The molecule has 1 aliphatic rings. The number of nitrogens with two attached hydrogens (primary N) is 1. The Bertz CT molecular complexity index is 1030. The Morgan fingerprint density at radius 1 is 1.18 bits per heavy atom. The molecule has 2 aromatic rings. The lowest BCUT2D eigenvalue weighted by Gasteiger charge is -2.45. The fraction of sp³-hybridized carbons (Fsp3) is 0.423. The zero-order chi connectivity index (χ0) is 25.1. The van der Waals surface area contributed by atoms with E-state index in [1.54, 1.807) is 30.9 Å². The van der Waals surface area contributed by atoms with Crippen LogP contribution in [-0.2, 0) is 15.1 Å². The van der Waals surface area contributed by atoms with Gasteiger partial charge in [-0.3, -0.25) is 5.41 Å². The molecule has 1 fully saturated rings. The van der Waals surface area contributed by atoms with Gasteiger partial charge in [-0.15, -0.1) is 0 Å². The molecule has 3 rings (SSSR count). The number of carbonyl (C=O) groups is 2. The van der Waals surface area contributed by atoms with Crippen LogP contribution in [0.15, 0.2) is 54.6 Å². The minimum Gasteiger partial charge on any atom is -0.477 e. The molecule has 1 aliphatic heterocycles. The van der Waals surface area contributed by atoms with Crippen LogP contribution in [0.2, 0.25) is 0 Å². The van der Waals surface area contributed by atoms with E-state index in [2.05, 4.69) is 0 Å². The van der Waals surface area contributed by atoms with Gasteiger partial charge in [0, 0.05) is 31.8 Å². The first-order valence-electron chi connectivity index (χ1n) is 11.4. The Balaban J connectivity index is 1.75. The number of hydrogen-bond donors (Lipinski definition) is 4. The Hall–Kier alpha value is -3.23. The largest absolute Gasteiger partial charge is 0.477 e. The van der Waals surface area contributed by atoms with Crippen LogP contribution in [0.25, 0.3) is 0 Å². The van der Waals surface area contributed by atoms with E-state index in [1.165, 1.54) is 0 Å². The number of carboxylic acid groups (broad SMARTS) is 1. The third-order valence-corrected chi connectivity index (χ3v) is 6.29. The van der Waals surface area contributed by atoms with E-state index >= 15 is 0 Å². The number of carboxylic acids is 1. The van der Waals surface area contributed by atoms with Gasteiger partial charge in [0.25, 0.3) is 0 Å². The zero-order valence-corrected chi connectivity index (χ0v) is 19.8. The van der Waals surface area contributed by atoms with E-state index in [1.807, 2.05) is 49.4 Å². The van der Waals surface area contributed by atoms with E-state index in [4.69, 9.17) is 21.0 Å². The molecule has 1 amide bonds. The molecule has 0 aromatic heterocycles. The summed E-state index contributed by atoms with van der Waals surface area (Å²) in [7, 11) is 0. The molecule has 0 spiro atoms. The number of rotatable bonds is 9. The van der Waals surface area contributed by atoms with Crippen molar-refractivity contribution in [3.63, 3.8) is 0 Å². The maximum absolute atomic E-state index is 13.2. The van der Waals surface area contributed by atoms with Gasteiger partial charge in [0.05, 0.1) is 11.6 Å². The summed E-state index contributed by atoms with van der Waals surface area (Å²) in [5.41, 5.74) is 6.16. The molecule has 182 valence electrons. The number of nitrogens with one attached hydrogen (secondary N) is 1. The Morgan fingerprint density at radius 3 is 2.29 bits per heavy atom. The lowest BCUT2D eigenvalue weighted by molar-refractivity contribution is -0.129. The second kappa shape index (κ2) is 9.95. The fourth-order valence-corrected chi connectivity index (χ4v) is 4.52. The maximum atomic E-state index is 13.2. The summed E-state index contributed by atoms with van der Waals surface area (Å²) in [4.78, 5) is 25.7. The van der Waals surface area contributed by atoms with Gasteiger partial charge in [0.1, 0.15) is 11.3 Å². The number of hydrogen-bond acceptors (Lipinski definition) is 6. The fourth-order valence-electron chi connectivity index (χ4n) is 4.52. The summed E-state index contributed by atoms with van der Waals surface area (Å²) in [6, 6.07) is 16.0. The SMILES string of the molecule is C[C@@H](c1ccc(C(N)CC(=N)C(=O)O)cc1)N1CC[C@](CC(C)(C)O)(c2ccccc2)OC1=O. The van der Waals surface area contributed by atoms with Gasteiger partial charge in [-0.1, -0.05) is 54.6 Å². The van der Waals surface area contributed by atoms with Crippen LogP contribution in [0.3, 0.4) is 0 Å². The van der Waals surface area contributed by atoms with Gasteiger partial charge in [-0.05, 0) is 37.5 Å². The van der Waals surface area contributed by atoms with Crippen molar-refractivity contribution in [3.05, 3.63) is 71.3 Å². The Labute approximate surface area is 199 Å². The van der Waals surface area contributed by atoms with Crippen LogP contribution in [0, 0.1) is 5.41 Å². The molecule has 1 unspecified atom stereocenters. The molecular weight excluding hydrogens is 434 g/mol. The summed E-state index contributed by atoms with van der Waals surface area (Å²) >= 11 is 0. The van der Waals surface area contributed by atoms with Crippen molar-refractivity contribution >= 4 is 17.8 Å². The minimum absolute atomic E-state index is 0.0640. The molecule has 2 aromatic carbocycles. The molecule has 34 heavy (non-hydrogen) atoms. The number of cyclic esters (lactones) is 1. The lowest BCUT2D eigenvalue weighted by atomic mass is 9.80. The van der Waals surface area contributed by atoms with Crippen molar-refractivity contribution in [1.82, 2.24) is 4.90 Å². The van der Waals surface area contributed by atoms with Crippen molar-refractivity contribution in [3.8, 4) is 0 Å². The average molecular weight is 468 g/mol. The van der Waals surface area contributed by atoms with E-state index in [-0.39, 0.29) is 18.9 Å². The Morgan fingerprint density at radius 2 is 1.76 bits per heavy atom. The number of amides is 1. The maximum Gasteiger partial charge on any atom is 0.411 e. The van der Waals surface area contributed by atoms with Gasteiger partial charge in [0.2, 0.25) is 0 Å². The van der Waals surface area contributed by atoms with Crippen LogP contribution < -0.4 is 5.73 Å². The lowest BCUT2D eigenvalue weighted by Crippen LogP contribution is -2.51. The quantitative estimate of drug-likeness (QED) is 0.409. The third-order valence-electron chi connectivity index (χ3n) is 6.29. The number of benzene rings is 2. The first-order chi connectivity index (χ1) is 15.9. The smallest absolute Gasteiger partial charge is 0.411 e.